The van der Waals surface area contributed by atoms with Gasteiger partial charge in [0, 0.05) is 12.1 Å². The highest BCUT2D eigenvalue weighted by molar-refractivity contribution is 8.02. The van der Waals surface area contributed by atoms with E-state index in [1.54, 1.807) is 5.57 Å². The first kappa shape index (κ1) is 16.7. The molecule has 0 bridgehead atoms. The minimum atomic E-state index is 0.000236. The summed E-state index contributed by atoms with van der Waals surface area (Å²) in [5, 5.41) is 3.79. The molecule has 1 nitrogen and oxygen atoms in total. The van der Waals surface area contributed by atoms with Crippen LogP contribution in [-0.4, -0.2) is 20.6 Å². The third-order valence-electron chi connectivity index (χ3n) is 4.67. The Balaban J connectivity index is 2.15. The molecule has 0 amide bonds. The van der Waals surface area contributed by atoms with Crippen LogP contribution in [0.15, 0.2) is 28.7 Å². The van der Waals surface area contributed by atoms with E-state index < -0.39 is 0 Å². The predicted octanol–water partition coefficient (Wildman–Crippen LogP) is 3.13. The summed E-state index contributed by atoms with van der Waals surface area (Å²) in [5.74, 6) is 0.859. The highest BCUT2D eigenvalue weighted by Crippen LogP contribution is 2.39. The molecule has 0 aromatic heterocycles. The van der Waals surface area contributed by atoms with Crippen molar-refractivity contribution in [2.45, 2.75) is 46.1 Å². The Morgan fingerprint density at radius 2 is 2.05 bits per heavy atom. The van der Waals surface area contributed by atoms with Gasteiger partial charge in [0.2, 0.25) is 0 Å². The zero-order valence-electron chi connectivity index (χ0n) is 14.3. The Hall–Kier alpha value is -0.665. The average molecular weight is 301 g/mol. The van der Waals surface area contributed by atoms with Crippen LogP contribution in [0.2, 0.25) is 0 Å². The van der Waals surface area contributed by atoms with E-state index in [4.69, 9.17) is 0 Å². The van der Waals surface area contributed by atoms with Crippen LogP contribution in [0.25, 0.3) is 0 Å². The molecule has 1 aliphatic rings. The Morgan fingerprint density at radius 1 is 1.38 bits per heavy atom. The smallest absolute Gasteiger partial charge is 0.139 e. The van der Waals surface area contributed by atoms with E-state index in [9.17, 15) is 0 Å². The monoisotopic (exact) mass is 301 g/mol. The Kier molecular flexibility index (Phi) is 5.26. The van der Waals surface area contributed by atoms with E-state index in [1.165, 1.54) is 34.3 Å². The lowest BCUT2D eigenvalue weighted by Crippen LogP contribution is -2.42. The molecule has 1 aromatic rings. The van der Waals surface area contributed by atoms with E-state index >= 15 is 0 Å². The molecule has 1 aromatic carbocycles. The summed E-state index contributed by atoms with van der Waals surface area (Å²) in [4.78, 5) is 1.52. The second-order valence-corrected chi connectivity index (χ2v) is 7.73. The van der Waals surface area contributed by atoms with Gasteiger partial charge in [-0.05, 0) is 68.7 Å². The fourth-order valence-corrected chi connectivity index (χ4v) is 4.01. The van der Waals surface area contributed by atoms with Gasteiger partial charge in [0.15, 0.2) is 0 Å². The average Bonchev–Trinajstić information content (AvgIpc) is 3.22. The van der Waals surface area contributed by atoms with E-state index in [0.717, 1.165) is 12.5 Å². The summed E-state index contributed by atoms with van der Waals surface area (Å²) in [5.41, 5.74) is 5.80. The van der Waals surface area contributed by atoms with Crippen LogP contribution in [0.4, 0.5) is 0 Å². The predicted molar refractivity (Wildman–Crippen MR) is 99.3 cm³/mol. The van der Waals surface area contributed by atoms with E-state index in [0.29, 0.717) is 0 Å². The molecule has 1 fully saturated rings. The number of thioether (sulfide) groups is 1. The lowest BCUT2D eigenvalue weighted by atomic mass is 9.79. The van der Waals surface area contributed by atoms with Crippen molar-refractivity contribution in [3.63, 3.8) is 0 Å². The molecule has 1 aliphatic carbocycles. The first-order valence-electron chi connectivity index (χ1n) is 7.92. The zero-order chi connectivity index (χ0) is 15.6. The van der Waals surface area contributed by atoms with Crippen molar-refractivity contribution in [2.24, 2.45) is 5.92 Å². The summed E-state index contributed by atoms with van der Waals surface area (Å²) >= 11 is 1.91. The van der Waals surface area contributed by atoms with Gasteiger partial charge in [-0.3, -0.25) is 0 Å². The zero-order valence-corrected chi connectivity index (χ0v) is 15.2. The fraction of sp³-hybridized carbons (Fsp3) is 0.556. The van der Waals surface area contributed by atoms with E-state index in [-0.39, 0.29) is 5.54 Å². The van der Waals surface area contributed by atoms with Crippen LogP contribution in [0.3, 0.4) is 0 Å². The topological polar surface area (TPSA) is 12.0 Å². The summed E-state index contributed by atoms with van der Waals surface area (Å²) in [7, 11) is 2.21. The highest BCUT2D eigenvalue weighted by atomic mass is 32.2. The van der Waals surface area contributed by atoms with Crippen molar-refractivity contribution in [1.82, 2.24) is 5.32 Å². The third kappa shape index (κ3) is 3.95. The molecule has 0 saturated heterocycles. The van der Waals surface area contributed by atoms with Crippen molar-refractivity contribution in [1.29, 1.82) is 0 Å². The van der Waals surface area contributed by atoms with Crippen molar-refractivity contribution >= 4 is 25.1 Å². The maximum atomic E-state index is 3.79. The first-order chi connectivity index (χ1) is 9.86. The molecular weight excluding hydrogens is 273 g/mol. The molecule has 2 rings (SSSR count). The van der Waals surface area contributed by atoms with Crippen LogP contribution >= 0.6 is 11.8 Å². The molecule has 1 N–H and O–H groups in total. The molecule has 21 heavy (non-hydrogen) atoms. The van der Waals surface area contributed by atoms with Gasteiger partial charge in [-0.25, -0.2) is 0 Å². The molecule has 114 valence electrons. The summed E-state index contributed by atoms with van der Waals surface area (Å²) < 4.78 is 0. The molecule has 0 unspecified atom stereocenters. The molecule has 3 heteroatoms. The van der Waals surface area contributed by atoms with E-state index in [1.807, 2.05) is 11.8 Å². The number of benzene rings is 1. The lowest BCUT2D eigenvalue weighted by molar-refractivity contribution is 0.424. The van der Waals surface area contributed by atoms with Crippen LogP contribution in [0.1, 0.15) is 44.7 Å². The second-order valence-electron chi connectivity index (χ2n) is 6.83. The standard InChI is InChI=1S/C18H28BNS/c1-12-7-6-8-15(19)17(12)18(3,4)20-11-16(21-5)13(2)14-9-10-14/h6-8,14,20H,9-11,19H2,1-5H3/b16-13+. The molecule has 0 spiro atoms. The largest absolute Gasteiger partial charge is 0.303 e. The van der Waals surface area contributed by atoms with Gasteiger partial charge in [0.25, 0.3) is 0 Å². The van der Waals surface area contributed by atoms with Crippen molar-refractivity contribution in [3.8, 4) is 0 Å². The van der Waals surface area contributed by atoms with Gasteiger partial charge in [-0.2, -0.15) is 0 Å². The number of rotatable bonds is 6. The maximum Gasteiger partial charge on any atom is 0.139 e. The number of aryl methyl sites for hydroxylation is 1. The maximum absolute atomic E-state index is 3.79. The Morgan fingerprint density at radius 3 is 2.57 bits per heavy atom. The van der Waals surface area contributed by atoms with Crippen molar-refractivity contribution < 1.29 is 0 Å². The lowest BCUT2D eigenvalue weighted by Gasteiger charge is -2.31. The molecule has 0 atom stereocenters. The van der Waals surface area contributed by atoms with Crippen molar-refractivity contribution in [2.75, 3.05) is 12.8 Å². The minimum absolute atomic E-state index is 0.000236. The van der Waals surface area contributed by atoms with Crippen LogP contribution < -0.4 is 10.8 Å². The fourth-order valence-electron chi connectivity index (χ4n) is 3.31. The summed E-state index contributed by atoms with van der Waals surface area (Å²) in [6.45, 7) is 10.1. The van der Waals surface area contributed by atoms with Gasteiger partial charge in [-0.1, -0.05) is 29.2 Å². The molecule has 0 heterocycles. The van der Waals surface area contributed by atoms with Gasteiger partial charge in [0.1, 0.15) is 7.85 Å². The van der Waals surface area contributed by atoms with Gasteiger partial charge >= 0.3 is 0 Å². The minimum Gasteiger partial charge on any atom is -0.303 e. The van der Waals surface area contributed by atoms with Gasteiger partial charge in [0.05, 0.1) is 0 Å². The normalized spacial score (nSPS) is 16.8. The second kappa shape index (κ2) is 6.62. The molecule has 0 aliphatic heterocycles. The van der Waals surface area contributed by atoms with Crippen molar-refractivity contribution in [3.05, 3.63) is 39.8 Å². The molecule has 1 saturated carbocycles. The SMILES string of the molecule is Bc1cccc(C)c1C(C)(C)NC/C(SC)=C(/C)C1CC1. The number of hydrogen-bond acceptors (Lipinski definition) is 2. The Bertz CT molecular complexity index is 524. The number of hydrogen-bond donors (Lipinski definition) is 1. The van der Waals surface area contributed by atoms with Gasteiger partial charge < -0.3 is 5.32 Å². The van der Waals surface area contributed by atoms with Crippen LogP contribution in [-0.2, 0) is 5.54 Å². The number of nitrogens with one attached hydrogen (secondary N) is 1. The quantitative estimate of drug-likeness (QED) is 0.810. The highest BCUT2D eigenvalue weighted by Gasteiger charge is 2.27. The summed E-state index contributed by atoms with van der Waals surface area (Å²) in [6.07, 6.45) is 4.97. The third-order valence-corrected chi connectivity index (χ3v) is 5.63. The van der Waals surface area contributed by atoms with Crippen LogP contribution in [0.5, 0.6) is 0 Å². The molecular formula is C18H28BNS. The number of allylic oxidation sites excluding steroid dienone is 1. The molecule has 0 radical (unpaired) electrons. The summed E-state index contributed by atoms with van der Waals surface area (Å²) in [6, 6.07) is 6.58. The van der Waals surface area contributed by atoms with Crippen LogP contribution in [0, 0.1) is 12.8 Å². The van der Waals surface area contributed by atoms with Gasteiger partial charge in [-0.15, -0.1) is 11.8 Å². The first-order valence-corrected chi connectivity index (χ1v) is 9.14. The Labute approximate surface area is 135 Å². The van der Waals surface area contributed by atoms with E-state index in [2.05, 4.69) is 65.3 Å².